The molecule has 1 heterocycles. The van der Waals surface area contributed by atoms with Gasteiger partial charge in [-0.15, -0.1) is 0 Å². The van der Waals surface area contributed by atoms with E-state index in [0.717, 1.165) is 6.54 Å². The summed E-state index contributed by atoms with van der Waals surface area (Å²) in [5, 5.41) is 4.09. The lowest BCUT2D eigenvalue weighted by molar-refractivity contribution is 0.686. The first-order chi connectivity index (χ1) is 4.89. The highest BCUT2D eigenvalue weighted by Gasteiger charge is 1.95. The molecule has 0 amide bonds. The number of nitrogens with one attached hydrogen (secondary N) is 1. The second kappa shape index (κ2) is 6.59. The lowest BCUT2D eigenvalue weighted by atomic mass is 10.2. The maximum atomic E-state index is 4.09. The Labute approximate surface area is 63.7 Å². The van der Waals surface area contributed by atoms with E-state index < -0.39 is 0 Å². The SMILES string of the molecule is CC.CC1=NNCCCC1. The van der Waals surface area contributed by atoms with Crippen LogP contribution >= 0.6 is 0 Å². The monoisotopic (exact) mass is 142 g/mol. The van der Waals surface area contributed by atoms with E-state index in [1.54, 1.807) is 0 Å². The fourth-order valence-corrected chi connectivity index (χ4v) is 0.832. The zero-order chi connectivity index (χ0) is 7.82. The maximum Gasteiger partial charge on any atom is 0.0347 e. The highest BCUT2D eigenvalue weighted by atomic mass is 15.3. The first-order valence-electron chi connectivity index (χ1n) is 4.15. The third-order valence-electron chi connectivity index (χ3n) is 1.35. The van der Waals surface area contributed by atoms with Crippen molar-refractivity contribution in [1.29, 1.82) is 0 Å². The number of nitrogens with zero attached hydrogens (tertiary/aromatic N) is 1. The van der Waals surface area contributed by atoms with E-state index in [-0.39, 0.29) is 0 Å². The third-order valence-corrected chi connectivity index (χ3v) is 1.35. The van der Waals surface area contributed by atoms with Gasteiger partial charge in [0.05, 0.1) is 0 Å². The molecule has 60 valence electrons. The minimum Gasteiger partial charge on any atom is -0.310 e. The summed E-state index contributed by atoms with van der Waals surface area (Å²) in [6, 6.07) is 0. The molecule has 0 aromatic carbocycles. The normalized spacial score (nSPS) is 17.3. The summed E-state index contributed by atoms with van der Waals surface area (Å²) in [5.74, 6) is 0. The van der Waals surface area contributed by atoms with Crippen molar-refractivity contribution in [3.05, 3.63) is 0 Å². The molecular formula is C8H18N2. The summed E-state index contributed by atoms with van der Waals surface area (Å²) in [5.41, 5.74) is 4.22. The molecule has 0 spiro atoms. The van der Waals surface area contributed by atoms with Gasteiger partial charge in [-0.25, -0.2) is 0 Å². The van der Waals surface area contributed by atoms with E-state index in [0.29, 0.717) is 0 Å². The molecule has 2 heteroatoms. The molecule has 1 rings (SSSR count). The van der Waals surface area contributed by atoms with Crippen molar-refractivity contribution in [2.24, 2.45) is 5.10 Å². The fraction of sp³-hybridized carbons (Fsp3) is 0.875. The van der Waals surface area contributed by atoms with Gasteiger partial charge in [-0.1, -0.05) is 13.8 Å². The van der Waals surface area contributed by atoms with Crippen molar-refractivity contribution in [3.63, 3.8) is 0 Å². The van der Waals surface area contributed by atoms with E-state index in [9.17, 15) is 0 Å². The van der Waals surface area contributed by atoms with Gasteiger partial charge >= 0.3 is 0 Å². The molecule has 0 fully saturated rings. The number of hydrogen-bond acceptors (Lipinski definition) is 2. The first-order valence-corrected chi connectivity index (χ1v) is 4.15. The first kappa shape index (κ1) is 9.47. The van der Waals surface area contributed by atoms with Crippen LogP contribution in [0.1, 0.15) is 40.0 Å². The van der Waals surface area contributed by atoms with Crippen molar-refractivity contribution >= 4 is 5.71 Å². The Morgan fingerprint density at radius 1 is 1.30 bits per heavy atom. The minimum atomic E-state index is 1.05. The van der Waals surface area contributed by atoms with Crippen LogP contribution in [0.5, 0.6) is 0 Å². The average molecular weight is 142 g/mol. The number of hydrazone groups is 1. The second-order valence-corrected chi connectivity index (χ2v) is 2.21. The molecule has 1 aliphatic heterocycles. The van der Waals surface area contributed by atoms with Gasteiger partial charge in [-0.2, -0.15) is 5.10 Å². The average Bonchev–Trinajstić information content (AvgIpc) is 2.21. The van der Waals surface area contributed by atoms with Crippen LogP contribution in [-0.2, 0) is 0 Å². The molecule has 1 N–H and O–H groups in total. The van der Waals surface area contributed by atoms with Gasteiger partial charge in [-0.3, -0.25) is 0 Å². The molecule has 0 bridgehead atoms. The van der Waals surface area contributed by atoms with E-state index in [1.807, 2.05) is 13.8 Å². The van der Waals surface area contributed by atoms with Gasteiger partial charge in [0, 0.05) is 12.3 Å². The molecule has 0 aromatic rings. The summed E-state index contributed by atoms with van der Waals surface area (Å²) < 4.78 is 0. The quantitative estimate of drug-likeness (QED) is 0.550. The van der Waals surface area contributed by atoms with Crippen LogP contribution in [-0.4, -0.2) is 12.3 Å². The van der Waals surface area contributed by atoms with Crippen LogP contribution in [0.4, 0.5) is 0 Å². The predicted octanol–water partition coefficient (Wildman–Crippen LogP) is 2.16. The van der Waals surface area contributed by atoms with Crippen LogP contribution < -0.4 is 5.43 Å². The van der Waals surface area contributed by atoms with E-state index in [1.165, 1.54) is 25.0 Å². The molecule has 2 nitrogen and oxygen atoms in total. The van der Waals surface area contributed by atoms with Gasteiger partial charge in [-0.05, 0) is 26.2 Å². The van der Waals surface area contributed by atoms with Crippen molar-refractivity contribution in [2.45, 2.75) is 40.0 Å². The molecule has 0 radical (unpaired) electrons. The standard InChI is InChI=1S/C6H12N2.C2H6/c1-6-4-2-3-5-7-8-6;1-2/h7H,2-5H2,1H3;1-2H3. The third kappa shape index (κ3) is 4.36. The Balaban J connectivity index is 0.000000371. The maximum absolute atomic E-state index is 4.09. The topological polar surface area (TPSA) is 24.4 Å². The molecule has 0 saturated heterocycles. The van der Waals surface area contributed by atoms with Gasteiger partial charge in [0.15, 0.2) is 0 Å². The number of rotatable bonds is 0. The highest BCUT2D eigenvalue weighted by molar-refractivity contribution is 5.81. The van der Waals surface area contributed by atoms with Gasteiger partial charge in [0.2, 0.25) is 0 Å². The Morgan fingerprint density at radius 3 is 2.70 bits per heavy atom. The van der Waals surface area contributed by atoms with Crippen LogP contribution in [0.25, 0.3) is 0 Å². The summed E-state index contributed by atoms with van der Waals surface area (Å²) in [7, 11) is 0. The molecular weight excluding hydrogens is 124 g/mol. The zero-order valence-electron chi connectivity index (χ0n) is 7.28. The largest absolute Gasteiger partial charge is 0.310 e. The Kier molecular flexibility index (Phi) is 6.24. The Morgan fingerprint density at radius 2 is 2.00 bits per heavy atom. The van der Waals surface area contributed by atoms with Crippen LogP contribution in [0.2, 0.25) is 0 Å². The van der Waals surface area contributed by atoms with Crippen LogP contribution in [0, 0.1) is 0 Å². The smallest absolute Gasteiger partial charge is 0.0347 e. The fourth-order valence-electron chi connectivity index (χ4n) is 0.832. The van der Waals surface area contributed by atoms with Gasteiger partial charge < -0.3 is 5.43 Å². The predicted molar refractivity (Wildman–Crippen MR) is 46.3 cm³/mol. The summed E-state index contributed by atoms with van der Waals surface area (Å²) >= 11 is 0. The van der Waals surface area contributed by atoms with Crippen LogP contribution in [0.3, 0.4) is 0 Å². The lowest BCUT2D eigenvalue weighted by Crippen LogP contribution is -2.05. The molecule has 0 aliphatic carbocycles. The van der Waals surface area contributed by atoms with E-state index >= 15 is 0 Å². The lowest BCUT2D eigenvalue weighted by Gasteiger charge is -1.90. The van der Waals surface area contributed by atoms with E-state index in [2.05, 4.69) is 17.5 Å². The van der Waals surface area contributed by atoms with Crippen LogP contribution in [0.15, 0.2) is 5.10 Å². The Bertz CT molecular complexity index is 97.4. The number of hydrogen-bond donors (Lipinski definition) is 1. The minimum absolute atomic E-state index is 1.05. The second-order valence-electron chi connectivity index (χ2n) is 2.21. The highest BCUT2D eigenvalue weighted by Crippen LogP contribution is 1.99. The van der Waals surface area contributed by atoms with Crippen molar-refractivity contribution < 1.29 is 0 Å². The molecule has 0 unspecified atom stereocenters. The van der Waals surface area contributed by atoms with Crippen molar-refractivity contribution in [3.8, 4) is 0 Å². The van der Waals surface area contributed by atoms with Crippen molar-refractivity contribution in [1.82, 2.24) is 5.43 Å². The molecule has 0 aromatic heterocycles. The summed E-state index contributed by atoms with van der Waals surface area (Å²) in [6.07, 6.45) is 3.73. The molecule has 0 atom stereocenters. The zero-order valence-corrected chi connectivity index (χ0v) is 7.28. The Hall–Kier alpha value is -0.530. The van der Waals surface area contributed by atoms with E-state index in [4.69, 9.17) is 0 Å². The summed E-state index contributed by atoms with van der Waals surface area (Å²) in [6.45, 7) is 7.12. The molecule has 10 heavy (non-hydrogen) atoms. The van der Waals surface area contributed by atoms with Gasteiger partial charge in [0.25, 0.3) is 0 Å². The van der Waals surface area contributed by atoms with Gasteiger partial charge in [0.1, 0.15) is 0 Å². The summed E-state index contributed by atoms with van der Waals surface area (Å²) in [4.78, 5) is 0. The molecule has 1 aliphatic rings. The van der Waals surface area contributed by atoms with Crippen molar-refractivity contribution in [2.75, 3.05) is 6.54 Å². The molecule has 0 saturated carbocycles.